The summed E-state index contributed by atoms with van der Waals surface area (Å²) >= 11 is 0. The zero-order valence-corrected chi connectivity index (χ0v) is 15.7. The average molecular weight is 373 g/mol. The van der Waals surface area contributed by atoms with Crippen LogP contribution in [0.4, 0.5) is 0 Å². The van der Waals surface area contributed by atoms with E-state index in [1.54, 1.807) is 0 Å². The first-order valence-corrected chi connectivity index (χ1v) is 9.79. The summed E-state index contributed by atoms with van der Waals surface area (Å²) in [5.41, 5.74) is 5.13. The molecule has 2 heterocycles. The normalized spacial score (nSPS) is 17.2. The smallest absolute Gasteiger partial charge is 0.231 e. The van der Waals surface area contributed by atoms with Crippen molar-refractivity contribution in [2.75, 3.05) is 19.9 Å². The molecule has 4 nitrogen and oxygen atoms in total. The Morgan fingerprint density at radius 3 is 2.54 bits per heavy atom. The SMILES string of the molecule is c1ccc(CCOc2ccc(C3NCCc4cc5c(cc43)OCO5)cc2)cc1. The van der Waals surface area contributed by atoms with Crippen LogP contribution in [-0.4, -0.2) is 19.9 Å². The monoisotopic (exact) mass is 373 g/mol. The van der Waals surface area contributed by atoms with E-state index in [4.69, 9.17) is 14.2 Å². The van der Waals surface area contributed by atoms with E-state index in [0.29, 0.717) is 13.4 Å². The van der Waals surface area contributed by atoms with Gasteiger partial charge in [-0.3, -0.25) is 0 Å². The average Bonchev–Trinajstić information content (AvgIpc) is 3.20. The minimum Gasteiger partial charge on any atom is -0.493 e. The molecule has 3 aromatic rings. The van der Waals surface area contributed by atoms with Crippen LogP contribution in [0.3, 0.4) is 0 Å². The summed E-state index contributed by atoms with van der Waals surface area (Å²) in [6.45, 7) is 1.94. The maximum atomic E-state index is 5.93. The fourth-order valence-corrected chi connectivity index (χ4v) is 3.93. The largest absolute Gasteiger partial charge is 0.493 e. The molecule has 1 atom stereocenters. The van der Waals surface area contributed by atoms with E-state index in [1.165, 1.54) is 22.3 Å². The molecule has 0 aromatic heterocycles. The van der Waals surface area contributed by atoms with Crippen molar-refractivity contribution < 1.29 is 14.2 Å². The molecule has 0 amide bonds. The molecule has 1 N–H and O–H groups in total. The van der Waals surface area contributed by atoms with Gasteiger partial charge in [-0.05, 0) is 52.9 Å². The van der Waals surface area contributed by atoms with E-state index in [2.05, 4.69) is 66.0 Å². The van der Waals surface area contributed by atoms with Gasteiger partial charge in [0, 0.05) is 13.0 Å². The Hall–Kier alpha value is -2.98. The maximum absolute atomic E-state index is 5.93. The van der Waals surface area contributed by atoms with Crippen molar-refractivity contribution in [3.63, 3.8) is 0 Å². The fraction of sp³-hybridized carbons (Fsp3) is 0.250. The Morgan fingerprint density at radius 2 is 1.71 bits per heavy atom. The van der Waals surface area contributed by atoms with Gasteiger partial charge >= 0.3 is 0 Å². The summed E-state index contributed by atoms with van der Waals surface area (Å²) in [6, 6.07) is 23.2. The zero-order valence-electron chi connectivity index (χ0n) is 15.7. The molecule has 0 spiro atoms. The van der Waals surface area contributed by atoms with Gasteiger partial charge in [-0.2, -0.15) is 0 Å². The highest BCUT2D eigenvalue weighted by molar-refractivity contribution is 5.52. The molecule has 2 aliphatic rings. The van der Waals surface area contributed by atoms with Gasteiger partial charge in [0.05, 0.1) is 12.6 Å². The first kappa shape index (κ1) is 17.1. The molecular weight excluding hydrogens is 350 g/mol. The number of hydrogen-bond donors (Lipinski definition) is 1. The van der Waals surface area contributed by atoms with Crippen molar-refractivity contribution >= 4 is 0 Å². The minimum absolute atomic E-state index is 0.164. The Morgan fingerprint density at radius 1 is 0.929 bits per heavy atom. The number of nitrogens with one attached hydrogen (secondary N) is 1. The Kier molecular flexibility index (Phi) is 4.63. The Bertz CT molecular complexity index is 954. The van der Waals surface area contributed by atoms with Crippen molar-refractivity contribution in [3.05, 3.63) is 89.0 Å². The first-order chi connectivity index (χ1) is 13.9. The van der Waals surface area contributed by atoms with Gasteiger partial charge in [0.2, 0.25) is 6.79 Å². The summed E-state index contributed by atoms with van der Waals surface area (Å²) in [4.78, 5) is 0. The van der Waals surface area contributed by atoms with E-state index in [1.807, 2.05) is 6.07 Å². The lowest BCUT2D eigenvalue weighted by Gasteiger charge is -2.27. The second kappa shape index (κ2) is 7.56. The van der Waals surface area contributed by atoms with Gasteiger partial charge in [0.15, 0.2) is 11.5 Å². The van der Waals surface area contributed by atoms with Crippen molar-refractivity contribution in [1.82, 2.24) is 5.32 Å². The quantitative estimate of drug-likeness (QED) is 0.725. The molecule has 28 heavy (non-hydrogen) atoms. The van der Waals surface area contributed by atoms with E-state index < -0.39 is 0 Å². The standard InChI is InChI=1S/C24H23NO3/c1-2-4-17(5-3-1)11-13-26-20-8-6-18(7-9-20)24-21-15-23-22(27-16-28-23)14-19(21)10-12-25-24/h1-9,14-15,24-25H,10-13,16H2. The van der Waals surface area contributed by atoms with Crippen LogP contribution < -0.4 is 19.5 Å². The van der Waals surface area contributed by atoms with Crippen LogP contribution in [0.15, 0.2) is 66.7 Å². The predicted octanol–water partition coefficient (Wildman–Crippen LogP) is 4.27. The molecule has 0 fully saturated rings. The van der Waals surface area contributed by atoms with Crippen LogP contribution >= 0.6 is 0 Å². The number of hydrogen-bond acceptors (Lipinski definition) is 4. The third-order valence-corrected chi connectivity index (χ3v) is 5.40. The molecule has 0 saturated carbocycles. The minimum atomic E-state index is 0.164. The van der Waals surface area contributed by atoms with Crippen molar-refractivity contribution in [2.45, 2.75) is 18.9 Å². The molecule has 0 radical (unpaired) electrons. The maximum Gasteiger partial charge on any atom is 0.231 e. The number of benzene rings is 3. The van der Waals surface area contributed by atoms with Crippen LogP contribution in [0.5, 0.6) is 17.2 Å². The second-order valence-corrected chi connectivity index (χ2v) is 7.19. The first-order valence-electron chi connectivity index (χ1n) is 9.79. The lowest BCUT2D eigenvalue weighted by atomic mass is 9.89. The molecule has 1 unspecified atom stereocenters. The summed E-state index contributed by atoms with van der Waals surface area (Å²) in [6.07, 6.45) is 1.91. The van der Waals surface area contributed by atoms with Crippen molar-refractivity contribution in [1.29, 1.82) is 0 Å². The molecule has 0 bridgehead atoms. The molecule has 3 aromatic carbocycles. The van der Waals surface area contributed by atoms with E-state index >= 15 is 0 Å². The molecule has 5 rings (SSSR count). The third kappa shape index (κ3) is 3.43. The number of fused-ring (bicyclic) bond motifs is 2. The van der Waals surface area contributed by atoms with Crippen LogP contribution in [0.25, 0.3) is 0 Å². The zero-order chi connectivity index (χ0) is 18.8. The number of rotatable bonds is 5. The lowest BCUT2D eigenvalue weighted by Crippen LogP contribution is -2.30. The Balaban J connectivity index is 1.29. The van der Waals surface area contributed by atoms with Crippen LogP contribution in [0, 0.1) is 0 Å². The molecule has 0 saturated heterocycles. The van der Waals surface area contributed by atoms with Gasteiger partial charge in [0.1, 0.15) is 5.75 Å². The summed E-state index contributed by atoms with van der Waals surface area (Å²) in [5.74, 6) is 2.61. The topological polar surface area (TPSA) is 39.7 Å². The fourth-order valence-electron chi connectivity index (χ4n) is 3.93. The van der Waals surface area contributed by atoms with Gasteiger partial charge < -0.3 is 19.5 Å². The number of ether oxygens (including phenoxy) is 3. The van der Waals surface area contributed by atoms with Crippen LogP contribution in [0.1, 0.15) is 28.3 Å². The van der Waals surface area contributed by atoms with Crippen LogP contribution in [0.2, 0.25) is 0 Å². The van der Waals surface area contributed by atoms with Crippen molar-refractivity contribution in [3.8, 4) is 17.2 Å². The Labute approximate surface area is 165 Å². The highest BCUT2D eigenvalue weighted by atomic mass is 16.7. The summed E-state index contributed by atoms with van der Waals surface area (Å²) in [7, 11) is 0. The third-order valence-electron chi connectivity index (χ3n) is 5.40. The highest BCUT2D eigenvalue weighted by Gasteiger charge is 2.25. The molecule has 4 heteroatoms. The highest BCUT2D eigenvalue weighted by Crippen LogP contribution is 2.40. The molecular formula is C24H23NO3. The van der Waals surface area contributed by atoms with Crippen LogP contribution in [-0.2, 0) is 12.8 Å². The van der Waals surface area contributed by atoms with Gasteiger partial charge in [-0.1, -0.05) is 42.5 Å². The van der Waals surface area contributed by atoms with Gasteiger partial charge in [-0.15, -0.1) is 0 Å². The van der Waals surface area contributed by atoms with Crippen molar-refractivity contribution in [2.24, 2.45) is 0 Å². The molecule has 2 aliphatic heterocycles. The second-order valence-electron chi connectivity index (χ2n) is 7.19. The van der Waals surface area contributed by atoms with E-state index in [9.17, 15) is 0 Å². The van der Waals surface area contributed by atoms with E-state index in [0.717, 1.165) is 36.6 Å². The molecule has 142 valence electrons. The summed E-state index contributed by atoms with van der Waals surface area (Å²) in [5, 5.41) is 3.63. The summed E-state index contributed by atoms with van der Waals surface area (Å²) < 4.78 is 17.0. The molecule has 0 aliphatic carbocycles. The van der Waals surface area contributed by atoms with Gasteiger partial charge in [0.25, 0.3) is 0 Å². The predicted molar refractivity (Wildman–Crippen MR) is 108 cm³/mol. The van der Waals surface area contributed by atoms with E-state index in [-0.39, 0.29) is 6.04 Å². The van der Waals surface area contributed by atoms with Gasteiger partial charge in [-0.25, -0.2) is 0 Å². The lowest BCUT2D eigenvalue weighted by molar-refractivity contribution is 0.174.